The number of aliphatic hydroxyl groups is 1. The molecule has 4 heteroatoms. The van der Waals surface area contributed by atoms with Crippen LogP contribution in [-0.4, -0.2) is 29.9 Å². The summed E-state index contributed by atoms with van der Waals surface area (Å²) in [5, 5.41) is 15.2. The molecule has 1 heterocycles. The van der Waals surface area contributed by atoms with Crippen LogP contribution in [0.1, 0.15) is 31.1 Å². The molecule has 96 valence electrons. The third-order valence-corrected chi connectivity index (χ3v) is 4.21. The summed E-state index contributed by atoms with van der Waals surface area (Å²) in [5.41, 5.74) is 0.259. The van der Waals surface area contributed by atoms with Crippen molar-refractivity contribution >= 4 is 11.3 Å². The molecule has 1 aromatic heterocycles. The summed E-state index contributed by atoms with van der Waals surface area (Å²) >= 11 is 1.68. The lowest BCUT2D eigenvalue weighted by molar-refractivity contribution is 0.0227. The normalized spacial score (nSPS) is 19.9. The highest BCUT2D eigenvalue weighted by Crippen LogP contribution is 2.30. The zero-order valence-corrected chi connectivity index (χ0v) is 11.1. The molecule has 17 heavy (non-hydrogen) atoms. The van der Waals surface area contributed by atoms with E-state index in [4.69, 9.17) is 4.74 Å². The highest BCUT2D eigenvalue weighted by atomic mass is 32.1. The number of β-amino-alcohol motifs (C(OH)–C–C–N with tert-alkyl or cyclic N) is 1. The van der Waals surface area contributed by atoms with Gasteiger partial charge in [0.1, 0.15) is 0 Å². The van der Waals surface area contributed by atoms with Crippen molar-refractivity contribution in [2.24, 2.45) is 0 Å². The predicted molar refractivity (Wildman–Crippen MR) is 70.2 cm³/mol. The molecule has 0 spiro atoms. The molecule has 0 aliphatic heterocycles. The lowest BCUT2D eigenvalue weighted by Crippen LogP contribution is -2.51. The molecule has 0 amide bonds. The number of aliphatic hydroxyl groups excluding tert-OH is 1. The Morgan fingerprint density at radius 1 is 1.59 bits per heavy atom. The van der Waals surface area contributed by atoms with Crippen LogP contribution in [0, 0.1) is 0 Å². The molecule has 1 fully saturated rings. The zero-order valence-electron chi connectivity index (χ0n) is 10.3. The fraction of sp³-hybridized carbons (Fsp3) is 0.692. The van der Waals surface area contributed by atoms with Crippen molar-refractivity contribution in [3.63, 3.8) is 0 Å². The van der Waals surface area contributed by atoms with Gasteiger partial charge < -0.3 is 15.2 Å². The van der Waals surface area contributed by atoms with Crippen LogP contribution < -0.4 is 5.32 Å². The van der Waals surface area contributed by atoms with Crippen molar-refractivity contribution in [2.75, 3.05) is 13.2 Å². The van der Waals surface area contributed by atoms with E-state index >= 15 is 0 Å². The van der Waals surface area contributed by atoms with E-state index in [1.807, 2.05) is 17.5 Å². The fourth-order valence-corrected chi connectivity index (χ4v) is 2.64. The van der Waals surface area contributed by atoms with E-state index in [0.717, 1.165) is 0 Å². The van der Waals surface area contributed by atoms with E-state index in [2.05, 4.69) is 12.2 Å². The van der Waals surface area contributed by atoms with Crippen LogP contribution in [0.5, 0.6) is 0 Å². The number of thiophene rings is 1. The van der Waals surface area contributed by atoms with Crippen LogP contribution in [-0.2, 0) is 11.3 Å². The maximum Gasteiger partial charge on any atom is 0.0898 e. The third kappa shape index (κ3) is 4.07. The maximum absolute atomic E-state index is 9.78. The van der Waals surface area contributed by atoms with Gasteiger partial charge in [0.2, 0.25) is 0 Å². The van der Waals surface area contributed by atoms with E-state index in [0.29, 0.717) is 19.8 Å². The lowest BCUT2D eigenvalue weighted by atomic mass is 9.78. The van der Waals surface area contributed by atoms with E-state index < -0.39 is 6.10 Å². The minimum Gasteiger partial charge on any atom is -0.389 e. The Morgan fingerprint density at radius 2 is 2.41 bits per heavy atom. The number of hydrogen-bond acceptors (Lipinski definition) is 4. The minimum atomic E-state index is -0.410. The second-order valence-corrected chi connectivity index (χ2v) is 6.08. The molecule has 1 unspecified atom stereocenters. The number of hydrogen-bond donors (Lipinski definition) is 2. The summed E-state index contributed by atoms with van der Waals surface area (Å²) in [6.45, 7) is 3.85. The molecule has 0 saturated heterocycles. The Kier molecular flexibility index (Phi) is 4.56. The van der Waals surface area contributed by atoms with Crippen LogP contribution in [0.3, 0.4) is 0 Å². The maximum atomic E-state index is 9.78. The van der Waals surface area contributed by atoms with E-state index in [1.54, 1.807) is 11.3 Å². The first-order valence-electron chi connectivity index (χ1n) is 6.21. The van der Waals surface area contributed by atoms with Gasteiger partial charge in [0.15, 0.2) is 0 Å². The molecule has 2 rings (SSSR count). The quantitative estimate of drug-likeness (QED) is 0.784. The molecule has 3 nitrogen and oxygen atoms in total. The van der Waals surface area contributed by atoms with Crippen molar-refractivity contribution in [3.05, 3.63) is 22.4 Å². The average Bonchev–Trinajstić information content (AvgIpc) is 2.77. The van der Waals surface area contributed by atoms with Gasteiger partial charge in [-0.05, 0) is 37.6 Å². The van der Waals surface area contributed by atoms with Gasteiger partial charge in [-0.1, -0.05) is 6.07 Å². The van der Waals surface area contributed by atoms with Gasteiger partial charge in [0.05, 0.1) is 19.3 Å². The monoisotopic (exact) mass is 255 g/mol. The zero-order chi connectivity index (χ0) is 12.1. The second kappa shape index (κ2) is 5.96. The number of nitrogens with one attached hydrogen (secondary N) is 1. The Hall–Kier alpha value is -0.420. The first kappa shape index (κ1) is 13.0. The van der Waals surface area contributed by atoms with Gasteiger partial charge in [-0.15, -0.1) is 11.3 Å². The smallest absolute Gasteiger partial charge is 0.0898 e. The molecule has 2 N–H and O–H groups in total. The Morgan fingerprint density at radius 3 is 3.00 bits per heavy atom. The molecule has 1 aliphatic rings. The topological polar surface area (TPSA) is 41.5 Å². The van der Waals surface area contributed by atoms with E-state index in [1.165, 1.54) is 24.1 Å². The van der Waals surface area contributed by atoms with Gasteiger partial charge >= 0.3 is 0 Å². The third-order valence-electron chi connectivity index (χ3n) is 3.36. The van der Waals surface area contributed by atoms with Crippen LogP contribution in [0.4, 0.5) is 0 Å². The van der Waals surface area contributed by atoms with Crippen molar-refractivity contribution in [3.8, 4) is 0 Å². The Labute approximate surface area is 107 Å². The van der Waals surface area contributed by atoms with Crippen LogP contribution in [0.2, 0.25) is 0 Å². The molecule has 1 saturated carbocycles. The molecule has 0 bridgehead atoms. The van der Waals surface area contributed by atoms with Crippen molar-refractivity contribution in [1.82, 2.24) is 5.32 Å². The molecule has 1 aromatic rings. The highest BCUT2D eigenvalue weighted by molar-refractivity contribution is 7.09. The van der Waals surface area contributed by atoms with Gasteiger partial charge in [-0.2, -0.15) is 0 Å². The van der Waals surface area contributed by atoms with Gasteiger partial charge in [0, 0.05) is 17.0 Å². The Balaban J connectivity index is 1.56. The van der Waals surface area contributed by atoms with Gasteiger partial charge in [0.25, 0.3) is 0 Å². The summed E-state index contributed by atoms with van der Waals surface area (Å²) in [4.78, 5) is 1.20. The van der Waals surface area contributed by atoms with E-state index in [9.17, 15) is 5.11 Å². The summed E-state index contributed by atoms with van der Waals surface area (Å²) in [5.74, 6) is 0. The summed E-state index contributed by atoms with van der Waals surface area (Å²) in [6, 6.07) is 4.06. The van der Waals surface area contributed by atoms with Crippen LogP contribution >= 0.6 is 11.3 Å². The van der Waals surface area contributed by atoms with Crippen LogP contribution in [0.15, 0.2) is 17.5 Å². The van der Waals surface area contributed by atoms with Crippen molar-refractivity contribution in [2.45, 2.75) is 44.4 Å². The number of ether oxygens (including phenoxy) is 1. The lowest BCUT2D eigenvalue weighted by Gasteiger charge is -2.40. The standard InChI is InChI=1S/C13H21NO2S/c1-13(5-3-6-13)14-8-11(15)9-16-10-12-4-2-7-17-12/h2,4,7,11,14-15H,3,5-6,8-10H2,1H3. The predicted octanol–water partition coefficient (Wildman–Crippen LogP) is 2.16. The largest absolute Gasteiger partial charge is 0.389 e. The summed E-state index contributed by atoms with van der Waals surface area (Å²) in [6.07, 6.45) is 3.33. The first-order chi connectivity index (χ1) is 8.18. The van der Waals surface area contributed by atoms with E-state index in [-0.39, 0.29) is 5.54 Å². The number of rotatable bonds is 7. The molecule has 1 aliphatic carbocycles. The molecule has 0 aromatic carbocycles. The van der Waals surface area contributed by atoms with Crippen molar-refractivity contribution < 1.29 is 9.84 Å². The average molecular weight is 255 g/mol. The minimum absolute atomic E-state index is 0.259. The van der Waals surface area contributed by atoms with Gasteiger partial charge in [-0.25, -0.2) is 0 Å². The van der Waals surface area contributed by atoms with Gasteiger partial charge in [-0.3, -0.25) is 0 Å². The Bertz CT molecular complexity index is 322. The first-order valence-corrected chi connectivity index (χ1v) is 7.09. The highest BCUT2D eigenvalue weighted by Gasteiger charge is 2.31. The van der Waals surface area contributed by atoms with Crippen LogP contribution in [0.25, 0.3) is 0 Å². The second-order valence-electron chi connectivity index (χ2n) is 5.04. The summed E-state index contributed by atoms with van der Waals surface area (Å²) < 4.78 is 5.48. The fourth-order valence-electron chi connectivity index (χ4n) is 2.00. The SMILES string of the molecule is CC1(NCC(O)COCc2cccs2)CCC1. The molecule has 1 atom stereocenters. The molecular weight excluding hydrogens is 234 g/mol. The molecule has 0 radical (unpaired) electrons. The van der Waals surface area contributed by atoms with Crippen molar-refractivity contribution in [1.29, 1.82) is 0 Å². The molecular formula is C13H21NO2S. The summed E-state index contributed by atoms with van der Waals surface area (Å²) in [7, 11) is 0.